The minimum atomic E-state index is -0.184. The maximum absolute atomic E-state index is 12.4. The highest BCUT2D eigenvalue weighted by Gasteiger charge is 2.49. The summed E-state index contributed by atoms with van der Waals surface area (Å²) in [7, 11) is 0. The molecular weight excluding hydrogens is 356 g/mol. The number of fused-ring (bicyclic) bond motifs is 1. The fourth-order valence-electron chi connectivity index (χ4n) is 4.65. The van der Waals surface area contributed by atoms with Crippen molar-refractivity contribution in [1.29, 1.82) is 0 Å². The van der Waals surface area contributed by atoms with E-state index in [1.165, 1.54) is 0 Å². The van der Waals surface area contributed by atoms with Crippen LogP contribution in [0.15, 0.2) is 0 Å². The molecule has 0 aromatic carbocycles. The van der Waals surface area contributed by atoms with Crippen LogP contribution in [0.1, 0.15) is 70.7 Å². The van der Waals surface area contributed by atoms with Crippen molar-refractivity contribution < 1.29 is 14.3 Å². The fraction of sp³-hybridized carbons (Fsp3) is 0.762. The molecule has 2 unspecified atom stereocenters. The number of ether oxygens (including phenoxy) is 1. The normalized spacial score (nSPS) is 26.6. The van der Waals surface area contributed by atoms with Gasteiger partial charge in [0, 0.05) is 30.5 Å². The minimum Gasteiger partial charge on any atom is -0.446 e. The summed E-state index contributed by atoms with van der Waals surface area (Å²) in [6.45, 7) is 9.84. The van der Waals surface area contributed by atoms with Gasteiger partial charge in [-0.05, 0) is 38.0 Å². The van der Waals surface area contributed by atoms with Crippen LogP contribution in [-0.4, -0.2) is 45.9 Å². The zero-order chi connectivity index (χ0) is 20.1. The fourth-order valence-corrected chi connectivity index (χ4v) is 4.65. The number of rotatable bonds is 4. The van der Waals surface area contributed by atoms with Gasteiger partial charge < -0.3 is 15.0 Å². The SMILES string of the molecule is CCc1nn2c(c1CC)NC(=O)CC2C1CCN(C(=O)OC2CC2(C)C)CC1. The van der Waals surface area contributed by atoms with Crippen LogP contribution >= 0.6 is 0 Å². The molecule has 28 heavy (non-hydrogen) atoms. The Morgan fingerprint density at radius 3 is 2.50 bits per heavy atom. The first-order valence-corrected chi connectivity index (χ1v) is 10.7. The Morgan fingerprint density at radius 1 is 1.25 bits per heavy atom. The molecule has 3 heterocycles. The molecule has 1 aliphatic carbocycles. The molecule has 2 amide bonds. The molecule has 1 aromatic rings. The maximum atomic E-state index is 12.4. The van der Waals surface area contributed by atoms with Crippen LogP contribution in [0.4, 0.5) is 10.6 Å². The van der Waals surface area contributed by atoms with E-state index < -0.39 is 0 Å². The number of aromatic nitrogens is 2. The molecule has 2 aliphatic heterocycles. The van der Waals surface area contributed by atoms with Crippen LogP contribution in [0.3, 0.4) is 0 Å². The summed E-state index contributed by atoms with van der Waals surface area (Å²) in [5, 5.41) is 7.89. The van der Waals surface area contributed by atoms with E-state index in [0.717, 1.165) is 49.2 Å². The second kappa shape index (κ2) is 7.08. The number of carbonyl (C=O) groups is 2. The molecule has 1 N–H and O–H groups in total. The van der Waals surface area contributed by atoms with E-state index in [9.17, 15) is 9.59 Å². The summed E-state index contributed by atoms with van der Waals surface area (Å²) in [6.07, 6.45) is 4.79. The van der Waals surface area contributed by atoms with E-state index in [-0.39, 0.29) is 29.6 Å². The minimum absolute atomic E-state index is 0.0614. The van der Waals surface area contributed by atoms with E-state index in [1.54, 1.807) is 0 Å². The Hall–Kier alpha value is -2.05. The predicted octanol–water partition coefficient (Wildman–Crippen LogP) is 3.54. The molecule has 2 fully saturated rings. The first-order valence-electron chi connectivity index (χ1n) is 10.7. The van der Waals surface area contributed by atoms with Crippen LogP contribution in [-0.2, 0) is 22.4 Å². The molecule has 1 saturated carbocycles. The maximum Gasteiger partial charge on any atom is 0.410 e. The summed E-state index contributed by atoms with van der Waals surface area (Å²) in [6, 6.07) is 0.0786. The average Bonchev–Trinajstić information content (AvgIpc) is 3.11. The zero-order valence-corrected chi connectivity index (χ0v) is 17.5. The smallest absolute Gasteiger partial charge is 0.410 e. The van der Waals surface area contributed by atoms with Gasteiger partial charge in [0.05, 0.1) is 11.7 Å². The van der Waals surface area contributed by atoms with Gasteiger partial charge in [-0.2, -0.15) is 5.10 Å². The molecule has 0 bridgehead atoms. The van der Waals surface area contributed by atoms with Crippen molar-refractivity contribution in [3.63, 3.8) is 0 Å². The van der Waals surface area contributed by atoms with E-state index in [0.29, 0.717) is 25.4 Å². The molecule has 154 valence electrons. The quantitative estimate of drug-likeness (QED) is 0.856. The lowest BCUT2D eigenvalue weighted by atomic mass is 9.86. The standard InChI is InChI=1S/C21H32N4O3/c1-5-14-15(6-2)23-25-16(11-18(26)22-19(14)25)13-7-9-24(10-8-13)20(27)28-17-12-21(17,3)4/h13,16-17H,5-12H2,1-4H3,(H,22,26). The van der Waals surface area contributed by atoms with Crippen molar-refractivity contribution in [1.82, 2.24) is 14.7 Å². The number of piperidine rings is 1. The van der Waals surface area contributed by atoms with Gasteiger partial charge in [0.15, 0.2) is 0 Å². The Kier molecular flexibility index (Phi) is 4.88. The van der Waals surface area contributed by atoms with Crippen molar-refractivity contribution in [2.45, 2.75) is 78.4 Å². The molecule has 2 atom stereocenters. The number of aryl methyl sites for hydroxylation is 1. The van der Waals surface area contributed by atoms with Gasteiger partial charge in [-0.15, -0.1) is 0 Å². The monoisotopic (exact) mass is 388 g/mol. The summed E-state index contributed by atoms with van der Waals surface area (Å²) in [5.74, 6) is 1.31. The van der Waals surface area contributed by atoms with Crippen LogP contribution in [0.25, 0.3) is 0 Å². The molecule has 7 heteroatoms. The Bertz CT molecular complexity index is 777. The predicted molar refractivity (Wildman–Crippen MR) is 106 cm³/mol. The van der Waals surface area contributed by atoms with Gasteiger partial charge in [0.1, 0.15) is 11.9 Å². The second-order valence-electron chi connectivity index (χ2n) is 9.13. The second-order valence-corrected chi connectivity index (χ2v) is 9.13. The summed E-state index contributed by atoms with van der Waals surface area (Å²) in [5.41, 5.74) is 2.37. The van der Waals surface area contributed by atoms with Gasteiger partial charge in [-0.25, -0.2) is 9.48 Å². The van der Waals surface area contributed by atoms with Crippen LogP contribution in [0.2, 0.25) is 0 Å². The third-order valence-electron chi connectivity index (χ3n) is 6.75. The molecule has 3 aliphatic rings. The lowest BCUT2D eigenvalue weighted by Crippen LogP contribution is -2.43. The number of amides is 2. The van der Waals surface area contributed by atoms with Crippen molar-refractivity contribution in [2.24, 2.45) is 11.3 Å². The van der Waals surface area contributed by atoms with Gasteiger partial charge in [-0.1, -0.05) is 27.7 Å². The molecule has 1 aromatic heterocycles. The number of carbonyl (C=O) groups excluding carboxylic acids is 2. The van der Waals surface area contributed by atoms with Crippen molar-refractivity contribution in [2.75, 3.05) is 18.4 Å². The van der Waals surface area contributed by atoms with Gasteiger partial charge in [-0.3, -0.25) is 4.79 Å². The Labute approximate surface area is 166 Å². The first-order chi connectivity index (χ1) is 13.3. The highest BCUT2D eigenvalue weighted by atomic mass is 16.6. The van der Waals surface area contributed by atoms with E-state index in [1.807, 2.05) is 4.90 Å². The molecule has 1 saturated heterocycles. The molecule has 4 rings (SSSR count). The summed E-state index contributed by atoms with van der Waals surface area (Å²) in [4.78, 5) is 26.6. The Balaban J connectivity index is 1.43. The van der Waals surface area contributed by atoms with Crippen LogP contribution in [0.5, 0.6) is 0 Å². The summed E-state index contributed by atoms with van der Waals surface area (Å²) < 4.78 is 7.68. The van der Waals surface area contributed by atoms with Crippen molar-refractivity contribution in [3.05, 3.63) is 11.3 Å². The number of likely N-dealkylation sites (tertiary alicyclic amines) is 1. The van der Waals surface area contributed by atoms with Crippen molar-refractivity contribution in [3.8, 4) is 0 Å². The van der Waals surface area contributed by atoms with Crippen LogP contribution < -0.4 is 5.32 Å². The summed E-state index contributed by atoms with van der Waals surface area (Å²) >= 11 is 0. The molecule has 7 nitrogen and oxygen atoms in total. The lowest BCUT2D eigenvalue weighted by Gasteiger charge is -2.37. The van der Waals surface area contributed by atoms with Crippen molar-refractivity contribution >= 4 is 17.8 Å². The highest BCUT2D eigenvalue weighted by molar-refractivity contribution is 5.92. The molecule has 0 radical (unpaired) electrons. The lowest BCUT2D eigenvalue weighted by molar-refractivity contribution is -0.118. The third-order valence-corrected chi connectivity index (χ3v) is 6.75. The Morgan fingerprint density at radius 2 is 1.93 bits per heavy atom. The number of hydrogen-bond acceptors (Lipinski definition) is 4. The first kappa shape index (κ1) is 19.3. The zero-order valence-electron chi connectivity index (χ0n) is 17.5. The van der Waals surface area contributed by atoms with Gasteiger partial charge in [0.25, 0.3) is 0 Å². The van der Waals surface area contributed by atoms with Gasteiger partial charge in [0.2, 0.25) is 5.91 Å². The van der Waals surface area contributed by atoms with E-state index in [4.69, 9.17) is 9.84 Å². The average molecular weight is 389 g/mol. The molecule has 0 spiro atoms. The number of nitrogens with one attached hydrogen (secondary N) is 1. The number of nitrogens with zero attached hydrogens (tertiary/aromatic N) is 3. The number of hydrogen-bond donors (Lipinski definition) is 1. The van der Waals surface area contributed by atoms with E-state index in [2.05, 4.69) is 37.7 Å². The third kappa shape index (κ3) is 3.40. The van der Waals surface area contributed by atoms with Gasteiger partial charge >= 0.3 is 6.09 Å². The number of anilines is 1. The topological polar surface area (TPSA) is 76.5 Å². The molecular formula is C21H32N4O3. The van der Waals surface area contributed by atoms with E-state index >= 15 is 0 Å². The van der Waals surface area contributed by atoms with Crippen LogP contribution in [0, 0.1) is 11.3 Å². The highest BCUT2D eigenvalue weighted by Crippen LogP contribution is 2.47. The largest absolute Gasteiger partial charge is 0.446 e.